The molecule has 0 spiro atoms. The molecule has 0 aliphatic carbocycles. The Bertz CT molecular complexity index is 1100. The SMILES string of the molecule is C[C@@H](O)c1nc2cnc3[nH]ccc3c2n1[C@H]1CCN(Cc2cnco2)C[C@H]1F. The van der Waals surface area contributed by atoms with Gasteiger partial charge < -0.3 is 19.1 Å². The summed E-state index contributed by atoms with van der Waals surface area (Å²) in [6.45, 7) is 3.19. The molecule has 0 saturated carbocycles. The third-order valence-corrected chi connectivity index (χ3v) is 5.42. The summed E-state index contributed by atoms with van der Waals surface area (Å²) in [4.78, 5) is 18.0. The van der Waals surface area contributed by atoms with Crippen molar-refractivity contribution in [3.8, 4) is 0 Å². The number of hydrogen-bond acceptors (Lipinski definition) is 6. The number of piperidine rings is 1. The molecule has 3 atom stereocenters. The largest absolute Gasteiger partial charge is 0.447 e. The van der Waals surface area contributed by atoms with E-state index in [1.54, 1.807) is 19.3 Å². The van der Waals surface area contributed by atoms with E-state index in [4.69, 9.17) is 4.42 Å². The van der Waals surface area contributed by atoms with Crippen LogP contribution in [0.3, 0.4) is 0 Å². The number of pyridine rings is 1. The molecule has 0 bridgehead atoms. The predicted octanol–water partition coefficient (Wildman–Crippen LogP) is 2.74. The van der Waals surface area contributed by atoms with E-state index in [-0.39, 0.29) is 6.54 Å². The monoisotopic (exact) mass is 384 g/mol. The Balaban J connectivity index is 1.53. The summed E-state index contributed by atoms with van der Waals surface area (Å²) < 4.78 is 22.5. The molecule has 8 nitrogen and oxygen atoms in total. The van der Waals surface area contributed by atoms with Gasteiger partial charge in [0.1, 0.15) is 35.0 Å². The number of aliphatic hydroxyl groups is 1. The Kier molecular flexibility index (Phi) is 4.13. The normalized spacial score (nSPS) is 22.2. The Hall–Kier alpha value is -2.78. The number of halogens is 1. The number of hydrogen-bond donors (Lipinski definition) is 2. The molecule has 1 aliphatic rings. The summed E-state index contributed by atoms with van der Waals surface area (Å²) in [5, 5.41) is 11.2. The number of aliphatic hydroxyl groups excluding tert-OH is 1. The number of rotatable bonds is 4. The second-order valence-corrected chi connectivity index (χ2v) is 7.32. The maximum atomic E-state index is 15.3. The molecule has 5 heterocycles. The minimum absolute atomic E-state index is 0.283. The van der Waals surface area contributed by atoms with Gasteiger partial charge in [0.25, 0.3) is 0 Å². The van der Waals surface area contributed by atoms with Gasteiger partial charge in [0.15, 0.2) is 6.39 Å². The second kappa shape index (κ2) is 6.68. The minimum Gasteiger partial charge on any atom is -0.447 e. The quantitative estimate of drug-likeness (QED) is 0.562. The zero-order chi connectivity index (χ0) is 19.3. The third-order valence-electron chi connectivity index (χ3n) is 5.42. The Morgan fingerprint density at radius 1 is 1.43 bits per heavy atom. The van der Waals surface area contributed by atoms with Crippen molar-refractivity contribution in [2.24, 2.45) is 0 Å². The van der Waals surface area contributed by atoms with Crippen LogP contribution in [0.15, 0.2) is 35.5 Å². The van der Waals surface area contributed by atoms with Crippen LogP contribution in [0, 0.1) is 0 Å². The van der Waals surface area contributed by atoms with Crippen molar-refractivity contribution in [2.75, 3.05) is 13.1 Å². The summed E-state index contributed by atoms with van der Waals surface area (Å²) in [6.07, 6.45) is 5.22. The van der Waals surface area contributed by atoms with Crippen LogP contribution in [0.1, 0.15) is 37.1 Å². The molecule has 5 rings (SSSR count). The van der Waals surface area contributed by atoms with Gasteiger partial charge in [-0.3, -0.25) is 4.90 Å². The Labute approximate surface area is 160 Å². The van der Waals surface area contributed by atoms with Gasteiger partial charge >= 0.3 is 0 Å². The number of oxazole rings is 1. The van der Waals surface area contributed by atoms with Crippen LogP contribution in [0.25, 0.3) is 22.1 Å². The van der Waals surface area contributed by atoms with Crippen LogP contribution in [0.4, 0.5) is 4.39 Å². The van der Waals surface area contributed by atoms with Crippen LogP contribution in [-0.2, 0) is 6.54 Å². The molecule has 9 heteroatoms. The lowest BCUT2D eigenvalue weighted by atomic mass is 10.0. The number of imidazole rings is 1. The standard InChI is InChI=1S/C19H21FN6O2/c1-11(27)19-24-15-7-23-18-13(2-4-22-18)17(15)26(19)16-3-5-25(9-14(16)20)8-12-6-21-10-28-12/h2,4,6-7,10-11,14,16,27H,3,5,8-9H2,1H3,(H,22,23)/t11-,14-,16+/m1/s1. The first-order valence-electron chi connectivity index (χ1n) is 9.37. The van der Waals surface area contributed by atoms with Gasteiger partial charge in [-0.05, 0) is 19.4 Å². The maximum absolute atomic E-state index is 15.3. The molecule has 0 radical (unpaired) electrons. The molecule has 2 N–H and O–H groups in total. The molecule has 0 amide bonds. The molecule has 0 unspecified atom stereocenters. The molecule has 1 saturated heterocycles. The highest BCUT2D eigenvalue weighted by atomic mass is 19.1. The van der Waals surface area contributed by atoms with Crippen LogP contribution in [-0.4, -0.2) is 53.8 Å². The van der Waals surface area contributed by atoms with Crippen LogP contribution < -0.4 is 0 Å². The third kappa shape index (κ3) is 2.78. The van der Waals surface area contributed by atoms with Crippen molar-refractivity contribution in [3.63, 3.8) is 0 Å². The first kappa shape index (κ1) is 17.3. The predicted molar refractivity (Wildman–Crippen MR) is 100 cm³/mol. The van der Waals surface area contributed by atoms with E-state index in [0.717, 1.165) is 22.3 Å². The number of aromatic nitrogens is 5. The lowest BCUT2D eigenvalue weighted by Gasteiger charge is -2.36. The second-order valence-electron chi connectivity index (χ2n) is 7.32. The van der Waals surface area contributed by atoms with Crippen LogP contribution in [0.2, 0.25) is 0 Å². The van der Waals surface area contributed by atoms with Crippen molar-refractivity contribution in [3.05, 3.63) is 42.6 Å². The van der Waals surface area contributed by atoms with E-state index in [1.165, 1.54) is 6.39 Å². The fraction of sp³-hybridized carbons (Fsp3) is 0.421. The van der Waals surface area contributed by atoms with Crippen molar-refractivity contribution >= 4 is 22.1 Å². The molecule has 1 fully saturated rings. The van der Waals surface area contributed by atoms with Crippen molar-refractivity contribution in [1.82, 2.24) is 29.4 Å². The number of H-pyrrole nitrogens is 1. The number of fused-ring (bicyclic) bond motifs is 3. The van der Waals surface area contributed by atoms with Gasteiger partial charge in [-0.25, -0.2) is 19.3 Å². The number of nitrogens with zero attached hydrogens (tertiary/aromatic N) is 5. The van der Waals surface area contributed by atoms with Gasteiger partial charge in [0.05, 0.1) is 30.5 Å². The van der Waals surface area contributed by atoms with E-state index in [9.17, 15) is 5.11 Å². The molecule has 4 aromatic rings. The highest BCUT2D eigenvalue weighted by molar-refractivity contribution is 6.01. The summed E-state index contributed by atoms with van der Waals surface area (Å²) in [5.74, 6) is 1.20. The van der Waals surface area contributed by atoms with Gasteiger partial charge in [0.2, 0.25) is 0 Å². The number of alkyl halides is 1. The maximum Gasteiger partial charge on any atom is 0.180 e. The Morgan fingerprint density at radius 3 is 3.07 bits per heavy atom. The summed E-state index contributed by atoms with van der Waals surface area (Å²) in [5.41, 5.74) is 2.21. The fourth-order valence-electron chi connectivity index (χ4n) is 4.17. The van der Waals surface area contributed by atoms with Crippen LogP contribution >= 0.6 is 0 Å². The van der Waals surface area contributed by atoms with E-state index in [2.05, 4.69) is 19.9 Å². The molecular formula is C19H21FN6O2. The minimum atomic E-state index is -1.10. The Morgan fingerprint density at radius 2 is 2.32 bits per heavy atom. The van der Waals surface area contributed by atoms with Crippen molar-refractivity contribution in [2.45, 2.75) is 38.2 Å². The number of aromatic amines is 1. The first-order valence-corrected chi connectivity index (χ1v) is 9.37. The van der Waals surface area contributed by atoms with Gasteiger partial charge in [-0.2, -0.15) is 0 Å². The van der Waals surface area contributed by atoms with Gasteiger partial charge in [0, 0.05) is 24.7 Å². The molecule has 4 aromatic heterocycles. The highest BCUT2D eigenvalue weighted by Gasteiger charge is 2.34. The van der Waals surface area contributed by atoms with Crippen LogP contribution in [0.5, 0.6) is 0 Å². The molecule has 1 aliphatic heterocycles. The fourth-order valence-corrected chi connectivity index (χ4v) is 4.17. The smallest absolute Gasteiger partial charge is 0.180 e. The first-order chi connectivity index (χ1) is 13.6. The van der Waals surface area contributed by atoms with Crippen molar-refractivity contribution in [1.29, 1.82) is 0 Å². The zero-order valence-corrected chi connectivity index (χ0v) is 15.4. The van der Waals surface area contributed by atoms with E-state index >= 15 is 4.39 Å². The summed E-state index contributed by atoms with van der Waals surface area (Å²) in [7, 11) is 0. The average Bonchev–Trinajstić information content (AvgIpc) is 3.40. The number of likely N-dealkylation sites (tertiary alicyclic amines) is 1. The summed E-state index contributed by atoms with van der Waals surface area (Å²) in [6, 6.07) is 1.52. The average molecular weight is 384 g/mol. The molecular weight excluding hydrogens is 363 g/mol. The topological polar surface area (TPSA) is 96.0 Å². The van der Waals surface area contributed by atoms with Gasteiger partial charge in [-0.15, -0.1) is 0 Å². The summed E-state index contributed by atoms with van der Waals surface area (Å²) >= 11 is 0. The van der Waals surface area contributed by atoms with Crippen molar-refractivity contribution < 1.29 is 13.9 Å². The van der Waals surface area contributed by atoms with E-state index in [0.29, 0.717) is 30.9 Å². The van der Waals surface area contributed by atoms with Gasteiger partial charge in [-0.1, -0.05) is 0 Å². The molecule has 0 aromatic carbocycles. The van der Waals surface area contributed by atoms with E-state index < -0.39 is 18.3 Å². The molecule has 28 heavy (non-hydrogen) atoms. The zero-order valence-electron chi connectivity index (χ0n) is 15.4. The number of nitrogens with one attached hydrogen (secondary N) is 1. The van der Waals surface area contributed by atoms with E-state index in [1.807, 2.05) is 21.7 Å². The lowest BCUT2D eigenvalue weighted by Crippen LogP contribution is -2.42. The molecule has 146 valence electrons. The highest BCUT2D eigenvalue weighted by Crippen LogP contribution is 2.35. The lowest BCUT2D eigenvalue weighted by molar-refractivity contribution is 0.0761.